The molecule has 4 nitrogen and oxygen atoms in total. The Morgan fingerprint density at radius 1 is 1.00 bits per heavy atom. The molecule has 0 spiro atoms. The summed E-state index contributed by atoms with van der Waals surface area (Å²) in [5, 5.41) is 9.01. The van der Waals surface area contributed by atoms with Crippen LogP contribution in [0.4, 0.5) is 5.69 Å². The van der Waals surface area contributed by atoms with Crippen LogP contribution < -0.4 is 9.64 Å². The van der Waals surface area contributed by atoms with E-state index >= 15 is 0 Å². The fourth-order valence-electron chi connectivity index (χ4n) is 2.06. The Kier molecular flexibility index (Phi) is 5.64. The summed E-state index contributed by atoms with van der Waals surface area (Å²) in [6.45, 7) is 1.20. The summed E-state index contributed by atoms with van der Waals surface area (Å²) in [6.07, 6.45) is 0.761. The van der Waals surface area contributed by atoms with Crippen LogP contribution in [0.1, 0.15) is 6.42 Å². The molecule has 0 aromatic heterocycles. The van der Waals surface area contributed by atoms with Gasteiger partial charge in [0.1, 0.15) is 12.3 Å². The highest BCUT2D eigenvalue weighted by atomic mass is 16.5. The zero-order chi connectivity index (χ0) is 14.9. The van der Waals surface area contributed by atoms with Gasteiger partial charge < -0.3 is 14.7 Å². The minimum absolute atomic E-state index is 0.00461. The van der Waals surface area contributed by atoms with Crippen molar-refractivity contribution in [1.82, 2.24) is 0 Å². The normalized spacial score (nSPS) is 10.1. The number of carboxylic acids is 1. The summed E-state index contributed by atoms with van der Waals surface area (Å²) in [4.78, 5) is 12.8. The molecule has 2 aromatic rings. The molecule has 0 bridgehead atoms. The van der Waals surface area contributed by atoms with E-state index < -0.39 is 5.97 Å². The lowest BCUT2D eigenvalue weighted by molar-refractivity contribution is -0.135. The summed E-state index contributed by atoms with van der Waals surface area (Å²) in [5.74, 6) is 0.00447. The van der Waals surface area contributed by atoms with Crippen LogP contribution in [0, 0.1) is 0 Å². The molecule has 2 aromatic carbocycles. The molecule has 0 aliphatic rings. The summed E-state index contributed by atoms with van der Waals surface area (Å²) in [5.41, 5.74) is 0.916. The molecule has 0 heterocycles. The Hall–Kier alpha value is -2.49. The third-order valence-electron chi connectivity index (χ3n) is 3.03. The molecule has 2 rings (SSSR count). The molecular weight excluding hydrogens is 266 g/mol. The number of para-hydroxylation sites is 2. The highest BCUT2D eigenvalue weighted by Gasteiger charge is 2.10. The summed E-state index contributed by atoms with van der Waals surface area (Å²) in [7, 11) is 0. The average molecular weight is 285 g/mol. The Bertz CT molecular complexity index is 542. The first-order valence-electron chi connectivity index (χ1n) is 6.95. The van der Waals surface area contributed by atoms with Crippen molar-refractivity contribution in [2.45, 2.75) is 6.42 Å². The lowest BCUT2D eigenvalue weighted by Crippen LogP contribution is -2.31. The van der Waals surface area contributed by atoms with E-state index in [1.54, 1.807) is 0 Å². The first-order chi connectivity index (χ1) is 10.3. The smallest absolute Gasteiger partial charge is 0.323 e. The first-order valence-corrected chi connectivity index (χ1v) is 6.95. The number of anilines is 1. The average Bonchev–Trinajstić information content (AvgIpc) is 2.52. The van der Waals surface area contributed by atoms with Gasteiger partial charge in [-0.25, -0.2) is 0 Å². The molecule has 0 atom stereocenters. The fourth-order valence-corrected chi connectivity index (χ4v) is 2.06. The van der Waals surface area contributed by atoms with Crippen molar-refractivity contribution < 1.29 is 14.6 Å². The van der Waals surface area contributed by atoms with Gasteiger partial charge >= 0.3 is 5.97 Å². The van der Waals surface area contributed by atoms with Crippen molar-refractivity contribution in [3.8, 4) is 5.75 Å². The van der Waals surface area contributed by atoms with Gasteiger partial charge in [-0.05, 0) is 30.7 Å². The van der Waals surface area contributed by atoms with Crippen LogP contribution in [0.5, 0.6) is 5.75 Å². The number of nitrogens with zero attached hydrogens (tertiary/aromatic N) is 1. The molecule has 0 aliphatic carbocycles. The van der Waals surface area contributed by atoms with Crippen molar-refractivity contribution >= 4 is 11.7 Å². The van der Waals surface area contributed by atoms with Crippen LogP contribution in [-0.2, 0) is 4.79 Å². The second kappa shape index (κ2) is 7.94. The predicted octanol–water partition coefficient (Wildman–Crippen LogP) is 3.05. The van der Waals surface area contributed by atoms with Gasteiger partial charge in [-0.2, -0.15) is 0 Å². The van der Waals surface area contributed by atoms with Crippen LogP contribution in [-0.4, -0.2) is 30.8 Å². The minimum atomic E-state index is -0.831. The molecule has 0 fully saturated rings. The maximum absolute atomic E-state index is 11.0. The minimum Gasteiger partial charge on any atom is -0.494 e. The van der Waals surface area contributed by atoms with Crippen LogP contribution in [0.2, 0.25) is 0 Å². The topological polar surface area (TPSA) is 49.8 Å². The van der Waals surface area contributed by atoms with E-state index in [9.17, 15) is 4.79 Å². The van der Waals surface area contributed by atoms with E-state index in [-0.39, 0.29) is 6.54 Å². The quantitative estimate of drug-likeness (QED) is 0.757. The van der Waals surface area contributed by atoms with Crippen molar-refractivity contribution in [2.24, 2.45) is 0 Å². The lowest BCUT2D eigenvalue weighted by Gasteiger charge is -2.22. The van der Waals surface area contributed by atoms with Gasteiger partial charge in [0.25, 0.3) is 0 Å². The molecule has 0 saturated heterocycles. The molecule has 110 valence electrons. The number of hydrogen-bond donors (Lipinski definition) is 1. The van der Waals surface area contributed by atoms with E-state index in [2.05, 4.69) is 0 Å². The Balaban J connectivity index is 1.83. The van der Waals surface area contributed by atoms with Crippen LogP contribution in [0.25, 0.3) is 0 Å². The molecule has 0 unspecified atom stereocenters. The monoisotopic (exact) mass is 285 g/mol. The number of hydrogen-bond acceptors (Lipinski definition) is 3. The maximum Gasteiger partial charge on any atom is 0.323 e. The summed E-state index contributed by atoms with van der Waals surface area (Å²) < 4.78 is 5.62. The van der Waals surface area contributed by atoms with Crippen molar-refractivity contribution in [1.29, 1.82) is 0 Å². The van der Waals surface area contributed by atoms with Gasteiger partial charge in [-0.15, -0.1) is 0 Å². The van der Waals surface area contributed by atoms with Gasteiger partial charge in [0.05, 0.1) is 6.61 Å². The molecule has 0 radical (unpaired) electrons. The van der Waals surface area contributed by atoms with Gasteiger partial charge in [0, 0.05) is 12.2 Å². The molecule has 1 N–H and O–H groups in total. The zero-order valence-electron chi connectivity index (χ0n) is 11.8. The van der Waals surface area contributed by atoms with Gasteiger partial charge in [0.2, 0.25) is 0 Å². The highest BCUT2D eigenvalue weighted by Crippen LogP contribution is 2.14. The summed E-state index contributed by atoms with van der Waals surface area (Å²) in [6, 6.07) is 19.2. The van der Waals surface area contributed by atoms with Crippen LogP contribution >= 0.6 is 0 Å². The van der Waals surface area contributed by atoms with Crippen molar-refractivity contribution in [3.63, 3.8) is 0 Å². The standard InChI is InChI=1S/C17H19NO3/c19-17(20)14-18(15-8-3-1-4-9-15)12-7-13-21-16-10-5-2-6-11-16/h1-6,8-11H,7,12-14H2,(H,19,20). The number of benzene rings is 2. The second-order valence-corrected chi connectivity index (χ2v) is 4.67. The molecule has 0 amide bonds. The number of rotatable bonds is 8. The van der Waals surface area contributed by atoms with E-state index in [4.69, 9.17) is 9.84 Å². The Morgan fingerprint density at radius 3 is 2.24 bits per heavy atom. The number of ether oxygens (including phenoxy) is 1. The molecular formula is C17H19NO3. The third kappa shape index (κ3) is 5.18. The lowest BCUT2D eigenvalue weighted by atomic mass is 10.2. The first kappa shape index (κ1) is 14.9. The predicted molar refractivity (Wildman–Crippen MR) is 82.8 cm³/mol. The van der Waals surface area contributed by atoms with Gasteiger partial charge in [-0.3, -0.25) is 4.79 Å². The van der Waals surface area contributed by atoms with Gasteiger partial charge in [-0.1, -0.05) is 36.4 Å². The fraction of sp³-hybridized carbons (Fsp3) is 0.235. The highest BCUT2D eigenvalue weighted by molar-refractivity contribution is 5.73. The molecule has 21 heavy (non-hydrogen) atoms. The number of carbonyl (C=O) groups is 1. The van der Waals surface area contributed by atoms with E-state index in [1.165, 1.54) is 0 Å². The Labute approximate surface area is 124 Å². The van der Waals surface area contributed by atoms with E-state index in [0.29, 0.717) is 13.2 Å². The largest absolute Gasteiger partial charge is 0.494 e. The molecule has 0 saturated carbocycles. The van der Waals surface area contributed by atoms with Crippen LogP contribution in [0.15, 0.2) is 60.7 Å². The third-order valence-corrected chi connectivity index (χ3v) is 3.03. The van der Waals surface area contributed by atoms with Crippen molar-refractivity contribution in [3.05, 3.63) is 60.7 Å². The SMILES string of the molecule is O=C(O)CN(CCCOc1ccccc1)c1ccccc1. The Morgan fingerprint density at radius 2 is 1.62 bits per heavy atom. The number of carboxylic acid groups (broad SMARTS) is 1. The molecule has 0 aliphatic heterocycles. The second-order valence-electron chi connectivity index (χ2n) is 4.67. The van der Waals surface area contributed by atoms with Crippen LogP contribution in [0.3, 0.4) is 0 Å². The summed E-state index contributed by atoms with van der Waals surface area (Å²) >= 11 is 0. The van der Waals surface area contributed by atoms with Gasteiger partial charge in [0.15, 0.2) is 0 Å². The van der Waals surface area contributed by atoms with E-state index in [0.717, 1.165) is 17.9 Å². The van der Waals surface area contributed by atoms with Crippen molar-refractivity contribution in [2.75, 3.05) is 24.6 Å². The zero-order valence-corrected chi connectivity index (χ0v) is 11.8. The number of aliphatic carboxylic acids is 1. The van der Waals surface area contributed by atoms with E-state index in [1.807, 2.05) is 65.6 Å². The molecule has 4 heteroatoms. The maximum atomic E-state index is 11.0.